The van der Waals surface area contributed by atoms with Crippen molar-refractivity contribution in [1.29, 1.82) is 0 Å². The Hall–Kier alpha value is -2.18. The first kappa shape index (κ1) is 16.2. The summed E-state index contributed by atoms with van der Waals surface area (Å²) in [5, 5.41) is 9.39. The molecule has 0 aliphatic heterocycles. The van der Waals surface area contributed by atoms with E-state index in [0.717, 1.165) is 0 Å². The molecule has 0 aliphatic carbocycles. The smallest absolute Gasteiger partial charge is 0.336 e. The summed E-state index contributed by atoms with van der Waals surface area (Å²) in [6.07, 6.45) is 0.711. The Bertz CT molecular complexity index is 712. The Labute approximate surface area is 135 Å². The van der Waals surface area contributed by atoms with Gasteiger partial charge in [-0.15, -0.1) is 0 Å². The van der Waals surface area contributed by atoms with Crippen molar-refractivity contribution in [3.05, 3.63) is 52.0 Å². The molecule has 0 bridgehead atoms. The first-order chi connectivity index (χ1) is 10.6. The van der Waals surface area contributed by atoms with Gasteiger partial charge in [0.1, 0.15) is 12.0 Å². The quantitative estimate of drug-likeness (QED) is 0.626. The Morgan fingerprint density at radius 2 is 2.09 bits per heavy atom. The van der Waals surface area contributed by atoms with Gasteiger partial charge >= 0.3 is 5.97 Å². The highest BCUT2D eigenvalue weighted by Gasteiger charge is 2.19. The first-order valence-electron chi connectivity index (χ1n) is 6.31. The van der Waals surface area contributed by atoms with Gasteiger partial charge in [-0.25, -0.2) is 4.79 Å². The predicted octanol–water partition coefficient (Wildman–Crippen LogP) is 3.61. The van der Waals surface area contributed by atoms with Crippen molar-refractivity contribution in [3.63, 3.8) is 0 Å². The molecular formula is C16H13BrO5. The highest BCUT2D eigenvalue weighted by atomic mass is 79.9. The minimum atomic E-state index is -1.06. The number of methoxy groups -OCH3 is 1. The number of halogens is 1. The molecular weight excluding hydrogens is 352 g/mol. The number of carbonyl (C=O) groups is 2. The van der Waals surface area contributed by atoms with Crippen LogP contribution in [0.1, 0.15) is 20.7 Å². The molecule has 2 aromatic carbocycles. The van der Waals surface area contributed by atoms with Crippen LogP contribution in [0.5, 0.6) is 5.75 Å². The van der Waals surface area contributed by atoms with Gasteiger partial charge in [-0.2, -0.15) is 0 Å². The Kier molecular flexibility index (Phi) is 5.30. The summed E-state index contributed by atoms with van der Waals surface area (Å²) < 4.78 is 10.8. The molecule has 0 heterocycles. The summed E-state index contributed by atoms with van der Waals surface area (Å²) in [5.74, 6) is -0.608. The summed E-state index contributed by atoms with van der Waals surface area (Å²) in [6.45, 7) is 0.0405. The van der Waals surface area contributed by atoms with Crippen LogP contribution in [-0.4, -0.2) is 31.3 Å². The van der Waals surface area contributed by atoms with E-state index >= 15 is 0 Å². The zero-order valence-electron chi connectivity index (χ0n) is 11.7. The Morgan fingerprint density at radius 3 is 2.73 bits per heavy atom. The van der Waals surface area contributed by atoms with E-state index in [1.165, 1.54) is 13.2 Å². The molecule has 0 saturated heterocycles. The van der Waals surface area contributed by atoms with E-state index < -0.39 is 5.97 Å². The van der Waals surface area contributed by atoms with Crippen LogP contribution in [0.25, 0.3) is 11.1 Å². The maximum absolute atomic E-state index is 11.5. The van der Waals surface area contributed by atoms with E-state index in [1.54, 1.807) is 30.3 Å². The van der Waals surface area contributed by atoms with E-state index in [4.69, 9.17) is 9.47 Å². The van der Waals surface area contributed by atoms with Crippen LogP contribution in [0.3, 0.4) is 0 Å². The summed E-state index contributed by atoms with van der Waals surface area (Å²) >= 11 is 3.38. The molecule has 0 spiro atoms. The number of rotatable bonds is 6. The molecule has 0 fully saturated rings. The predicted molar refractivity (Wildman–Crippen MR) is 84.4 cm³/mol. The van der Waals surface area contributed by atoms with Gasteiger partial charge in [0.15, 0.2) is 6.79 Å². The zero-order valence-corrected chi connectivity index (χ0v) is 13.3. The van der Waals surface area contributed by atoms with E-state index in [1.807, 2.05) is 0 Å². The molecule has 5 nitrogen and oxygen atoms in total. The lowest BCUT2D eigenvalue weighted by Crippen LogP contribution is -2.04. The average Bonchev–Trinajstić information content (AvgIpc) is 2.53. The number of aldehydes is 1. The molecule has 0 radical (unpaired) electrons. The van der Waals surface area contributed by atoms with Crippen molar-refractivity contribution >= 4 is 28.2 Å². The third-order valence-electron chi connectivity index (χ3n) is 2.98. The van der Waals surface area contributed by atoms with Crippen molar-refractivity contribution in [2.75, 3.05) is 13.9 Å². The lowest BCUT2D eigenvalue weighted by Gasteiger charge is -2.14. The number of hydrogen-bond acceptors (Lipinski definition) is 4. The highest BCUT2D eigenvalue weighted by molar-refractivity contribution is 9.10. The van der Waals surface area contributed by atoms with Gasteiger partial charge in [0.05, 0.1) is 10.0 Å². The number of carboxylic acid groups (broad SMARTS) is 1. The van der Waals surface area contributed by atoms with Crippen molar-refractivity contribution in [2.24, 2.45) is 0 Å². The van der Waals surface area contributed by atoms with Crippen molar-refractivity contribution in [2.45, 2.75) is 0 Å². The first-order valence-corrected chi connectivity index (χ1v) is 7.11. The zero-order chi connectivity index (χ0) is 16.1. The van der Waals surface area contributed by atoms with Crippen LogP contribution < -0.4 is 4.74 Å². The van der Waals surface area contributed by atoms with Gasteiger partial charge in [0.25, 0.3) is 0 Å². The fourth-order valence-corrected chi connectivity index (χ4v) is 2.71. The SMILES string of the molecule is COCOc1ccc(C(=O)O)c(-c2cccc(C=O)c2)c1Br. The number of hydrogen-bond donors (Lipinski definition) is 1. The lowest BCUT2D eigenvalue weighted by atomic mass is 9.98. The topological polar surface area (TPSA) is 72.8 Å². The minimum absolute atomic E-state index is 0.0405. The summed E-state index contributed by atoms with van der Waals surface area (Å²) in [4.78, 5) is 22.4. The van der Waals surface area contributed by atoms with Gasteiger partial charge in [-0.05, 0) is 39.7 Å². The standard InChI is InChI=1S/C16H13BrO5/c1-21-9-22-13-6-5-12(16(19)20)14(15(13)17)11-4-2-3-10(7-11)8-18/h2-8H,9H2,1H3,(H,19,20). The second kappa shape index (κ2) is 7.20. The highest BCUT2D eigenvalue weighted by Crippen LogP contribution is 2.38. The summed E-state index contributed by atoms with van der Waals surface area (Å²) in [5.41, 5.74) is 1.63. The van der Waals surface area contributed by atoms with Crippen LogP contribution >= 0.6 is 15.9 Å². The van der Waals surface area contributed by atoms with Gasteiger partial charge in [0.2, 0.25) is 0 Å². The van der Waals surface area contributed by atoms with Crippen molar-refractivity contribution < 1.29 is 24.2 Å². The van der Waals surface area contributed by atoms with Crippen LogP contribution in [0.4, 0.5) is 0 Å². The van der Waals surface area contributed by atoms with Crippen LogP contribution in [-0.2, 0) is 4.74 Å². The van der Waals surface area contributed by atoms with E-state index in [0.29, 0.717) is 33.2 Å². The molecule has 0 aromatic heterocycles. The van der Waals surface area contributed by atoms with Crippen LogP contribution in [0, 0.1) is 0 Å². The van der Waals surface area contributed by atoms with Crippen LogP contribution in [0.2, 0.25) is 0 Å². The fraction of sp³-hybridized carbons (Fsp3) is 0.125. The number of ether oxygens (including phenoxy) is 2. The number of carbonyl (C=O) groups excluding carboxylic acids is 1. The minimum Gasteiger partial charge on any atom is -0.478 e. The van der Waals surface area contributed by atoms with Crippen molar-refractivity contribution in [3.8, 4) is 16.9 Å². The van der Waals surface area contributed by atoms with Gasteiger partial charge < -0.3 is 14.6 Å². The molecule has 0 aliphatic rings. The number of aromatic carboxylic acids is 1. The number of benzene rings is 2. The molecule has 0 atom stereocenters. The average molecular weight is 365 g/mol. The summed E-state index contributed by atoms with van der Waals surface area (Å²) in [6, 6.07) is 9.72. The van der Waals surface area contributed by atoms with E-state index in [2.05, 4.69) is 15.9 Å². The second-order valence-corrected chi connectivity index (χ2v) is 5.19. The van der Waals surface area contributed by atoms with Gasteiger partial charge in [-0.1, -0.05) is 18.2 Å². The molecule has 0 saturated carbocycles. The van der Waals surface area contributed by atoms with Crippen LogP contribution in [0.15, 0.2) is 40.9 Å². The van der Waals surface area contributed by atoms with Gasteiger partial charge in [-0.3, -0.25) is 4.79 Å². The second-order valence-electron chi connectivity index (χ2n) is 4.40. The molecule has 1 N–H and O–H groups in total. The third kappa shape index (κ3) is 3.35. The third-order valence-corrected chi connectivity index (χ3v) is 3.77. The van der Waals surface area contributed by atoms with Gasteiger partial charge in [0, 0.05) is 18.2 Å². The van der Waals surface area contributed by atoms with Crippen molar-refractivity contribution in [1.82, 2.24) is 0 Å². The molecule has 22 heavy (non-hydrogen) atoms. The molecule has 6 heteroatoms. The Morgan fingerprint density at radius 1 is 1.32 bits per heavy atom. The Balaban J connectivity index is 2.63. The molecule has 0 amide bonds. The fourth-order valence-electron chi connectivity index (χ4n) is 2.02. The monoisotopic (exact) mass is 364 g/mol. The molecule has 0 unspecified atom stereocenters. The maximum atomic E-state index is 11.5. The summed E-state index contributed by atoms with van der Waals surface area (Å²) in [7, 11) is 1.49. The molecule has 114 valence electrons. The maximum Gasteiger partial charge on any atom is 0.336 e. The van der Waals surface area contributed by atoms with E-state index in [9.17, 15) is 14.7 Å². The normalized spacial score (nSPS) is 10.3. The molecule has 2 aromatic rings. The largest absolute Gasteiger partial charge is 0.478 e. The molecule has 2 rings (SSSR count). The van der Waals surface area contributed by atoms with E-state index in [-0.39, 0.29) is 12.4 Å². The lowest BCUT2D eigenvalue weighted by molar-refractivity contribution is 0.0506. The number of carboxylic acids is 1.